The molecule has 0 aliphatic rings. The Hall–Kier alpha value is -1.88. The summed E-state index contributed by atoms with van der Waals surface area (Å²) in [5.74, 6) is -0.227. The SMILES string of the molecule is CC(c1ccncc1)C(O)c1ccc(C(F)(F)F)cc1. The number of aliphatic hydroxyl groups excluding tert-OH is 1. The molecule has 0 spiro atoms. The van der Waals surface area contributed by atoms with Crippen molar-refractivity contribution in [3.05, 3.63) is 65.5 Å². The Labute approximate surface area is 114 Å². The summed E-state index contributed by atoms with van der Waals surface area (Å²) in [5, 5.41) is 10.2. The zero-order valence-corrected chi connectivity index (χ0v) is 10.8. The van der Waals surface area contributed by atoms with Gasteiger partial charge in [-0.15, -0.1) is 0 Å². The van der Waals surface area contributed by atoms with Gasteiger partial charge in [-0.05, 0) is 35.4 Å². The molecule has 106 valence electrons. The van der Waals surface area contributed by atoms with E-state index in [1.54, 1.807) is 24.5 Å². The fourth-order valence-corrected chi connectivity index (χ4v) is 2.01. The maximum Gasteiger partial charge on any atom is 0.416 e. The third kappa shape index (κ3) is 3.17. The van der Waals surface area contributed by atoms with Gasteiger partial charge in [0.1, 0.15) is 0 Å². The molecule has 2 aromatic rings. The highest BCUT2D eigenvalue weighted by Crippen LogP contribution is 2.33. The lowest BCUT2D eigenvalue weighted by Gasteiger charge is -2.20. The Morgan fingerprint density at radius 1 is 0.950 bits per heavy atom. The largest absolute Gasteiger partial charge is 0.416 e. The highest BCUT2D eigenvalue weighted by Gasteiger charge is 2.30. The summed E-state index contributed by atoms with van der Waals surface area (Å²) in [6, 6.07) is 8.14. The molecule has 1 aromatic heterocycles. The number of aliphatic hydroxyl groups is 1. The maximum atomic E-state index is 12.5. The second-order valence-electron chi connectivity index (χ2n) is 4.63. The lowest BCUT2D eigenvalue weighted by molar-refractivity contribution is -0.137. The summed E-state index contributed by atoms with van der Waals surface area (Å²) in [7, 11) is 0. The van der Waals surface area contributed by atoms with Crippen LogP contribution in [0, 0.1) is 0 Å². The number of pyridine rings is 1. The molecule has 0 saturated carbocycles. The van der Waals surface area contributed by atoms with Crippen molar-refractivity contribution in [1.82, 2.24) is 4.98 Å². The minimum Gasteiger partial charge on any atom is -0.388 e. The molecule has 2 nitrogen and oxygen atoms in total. The molecule has 1 heterocycles. The number of hydrogen-bond acceptors (Lipinski definition) is 2. The molecule has 1 aromatic carbocycles. The van der Waals surface area contributed by atoms with Crippen LogP contribution >= 0.6 is 0 Å². The monoisotopic (exact) mass is 281 g/mol. The normalized spacial score (nSPS) is 14.8. The number of halogens is 3. The Morgan fingerprint density at radius 3 is 2.00 bits per heavy atom. The quantitative estimate of drug-likeness (QED) is 0.924. The van der Waals surface area contributed by atoms with E-state index in [4.69, 9.17) is 0 Å². The predicted molar refractivity (Wildman–Crippen MR) is 69.1 cm³/mol. The molecule has 2 rings (SSSR count). The molecule has 1 N–H and O–H groups in total. The van der Waals surface area contributed by atoms with Crippen LogP contribution < -0.4 is 0 Å². The predicted octanol–water partition coefficient (Wildman–Crippen LogP) is 3.94. The van der Waals surface area contributed by atoms with Crippen LogP contribution in [0.5, 0.6) is 0 Å². The van der Waals surface area contributed by atoms with Crippen LogP contribution in [0.4, 0.5) is 13.2 Å². The molecule has 2 unspecified atom stereocenters. The first-order chi connectivity index (χ1) is 9.39. The number of aromatic nitrogens is 1. The van der Waals surface area contributed by atoms with Gasteiger partial charge in [-0.1, -0.05) is 19.1 Å². The van der Waals surface area contributed by atoms with E-state index in [0.717, 1.165) is 17.7 Å². The number of alkyl halides is 3. The second-order valence-corrected chi connectivity index (χ2v) is 4.63. The van der Waals surface area contributed by atoms with E-state index in [2.05, 4.69) is 4.98 Å². The highest BCUT2D eigenvalue weighted by atomic mass is 19.4. The molecular weight excluding hydrogens is 267 g/mol. The van der Waals surface area contributed by atoms with Gasteiger partial charge in [-0.2, -0.15) is 13.2 Å². The molecular formula is C15H14F3NO. The average molecular weight is 281 g/mol. The molecule has 20 heavy (non-hydrogen) atoms. The van der Waals surface area contributed by atoms with Gasteiger partial charge in [0, 0.05) is 18.3 Å². The van der Waals surface area contributed by atoms with Gasteiger partial charge in [-0.25, -0.2) is 0 Å². The van der Waals surface area contributed by atoms with Gasteiger partial charge >= 0.3 is 6.18 Å². The first-order valence-electron chi connectivity index (χ1n) is 6.14. The first-order valence-corrected chi connectivity index (χ1v) is 6.14. The van der Waals surface area contributed by atoms with Crippen molar-refractivity contribution in [3.63, 3.8) is 0 Å². The average Bonchev–Trinajstić information content (AvgIpc) is 2.46. The molecule has 0 fully saturated rings. The summed E-state index contributed by atoms with van der Waals surface area (Å²) in [6.45, 7) is 1.82. The molecule has 0 bridgehead atoms. The smallest absolute Gasteiger partial charge is 0.388 e. The molecule has 0 saturated heterocycles. The fraction of sp³-hybridized carbons (Fsp3) is 0.267. The highest BCUT2D eigenvalue weighted by molar-refractivity contribution is 5.29. The third-order valence-corrected chi connectivity index (χ3v) is 3.29. The van der Waals surface area contributed by atoms with Crippen molar-refractivity contribution in [1.29, 1.82) is 0 Å². The van der Waals surface area contributed by atoms with Gasteiger partial charge in [0.05, 0.1) is 11.7 Å². The van der Waals surface area contributed by atoms with Crippen LogP contribution in [-0.2, 0) is 6.18 Å². The first kappa shape index (κ1) is 14.5. The third-order valence-electron chi connectivity index (χ3n) is 3.29. The Morgan fingerprint density at radius 2 is 1.50 bits per heavy atom. The van der Waals surface area contributed by atoms with E-state index in [9.17, 15) is 18.3 Å². The number of nitrogens with zero attached hydrogens (tertiary/aromatic N) is 1. The zero-order valence-electron chi connectivity index (χ0n) is 10.8. The van der Waals surface area contributed by atoms with Crippen LogP contribution in [0.25, 0.3) is 0 Å². The number of hydrogen-bond donors (Lipinski definition) is 1. The summed E-state index contributed by atoms with van der Waals surface area (Å²) < 4.78 is 37.4. The summed E-state index contributed by atoms with van der Waals surface area (Å²) in [6.07, 6.45) is -1.99. The van der Waals surface area contributed by atoms with E-state index >= 15 is 0 Å². The lowest BCUT2D eigenvalue weighted by Crippen LogP contribution is -2.09. The summed E-state index contributed by atoms with van der Waals surface area (Å²) in [5.41, 5.74) is 0.625. The van der Waals surface area contributed by atoms with Crippen LogP contribution in [0.1, 0.15) is 35.6 Å². The second kappa shape index (κ2) is 5.63. The van der Waals surface area contributed by atoms with Crippen molar-refractivity contribution in [3.8, 4) is 0 Å². The van der Waals surface area contributed by atoms with Gasteiger partial charge in [0.25, 0.3) is 0 Å². The van der Waals surface area contributed by atoms with Crippen LogP contribution in [0.2, 0.25) is 0 Å². The Kier molecular flexibility index (Phi) is 4.09. The van der Waals surface area contributed by atoms with Gasteiger partial charge in [0.15, 0.2) is 0 Å². The summed E-state index contributed by atoms with van der Waals surface area (Å²) in [4.78, 5) is 3.89. The fourth-order valence-electron chi connectivity index (χ4n) is 2.01. The minimum absolute atomic E-state index is 0.227. The van der Waals surface area contributed by atoms with Crippen molar-refractivity contribution < 1.29 is 18.3 Å². The standard InChI is InChI=1S/C15H14F3NO/c1-10(11-6-8-19-9-7-11)14(20)12-2-4-13(5-3-12)15(16,17)18/h2-10,14,20H,1H3. The van der Waals surface area contributed by atoms with E-state index in [-0.39, 0.29) is 5.92 Å². The van der Waals surface area contributed by atoms with Gasteiger partial charge < -0.3 is 5.11 Å². The van der Waals surface area contributed by atoms with Crippen molar-refractivity contribution in [2.24, 2.45) is 0 Å². The molecule has 0 radical (unpaired) electrons. The summed E-state index contributed by atoms with van der Waals surface area (Å²) >= 11 is 0. The van der Waals surface area contributed by atoms with E-state index in [1.165, 1.54) is 12.1 Å². The Balaban J connectivity index is 2.19. The molecule has 0 aliphatic carbocycles. The number of rotatable bonds is 3. The molecule has 2 atom stereocenters. The van der Waals surface area contributed by atoms with Crippen LogP contribution in [-0.4, -0.2) is 10.1 Å². The minimum atomic E-state index is -4.36. The molecule has 0 amide bonds. The van der Waals surface area contributed by atoms with E-state index < -0.39 is 17.8 Å². The van der Waals surface area contributed by atoms with Crippen molar-refractivity contribution >= 4 is 0 Å². The molecule has 0 aliphatic heterocycles. The maximum absolute atomic E-state index is 12.5. The van der Waals surface area contributed by atoms with Gasteiger partial charge in [0.2, 0.25) is 0 Å². The topological polar surface area (TPSA) is 33.1 Å². The lowest BCUT2D eigenvalue weighted by atomic mass is 9.91. The van der Waals surface area contributed by atoms with Gasteiger partial charge in [-0.3, -0.25) is 4.98 Å². The van der Waals surface area contributed by atoms with E-state index in [0.29, 0.717) is 5.56 Å². The zero-order chi connectivity index (χ0) is 14.8. The molecule has 5 heteroatoms. The van der Waals surface area contributed by atoms with Crippen molar-refractivity contribution in [2.45, 2.75) is 25.1 Å². The van der Waals surface area contributed by atoms with E-state index in [1.807, 2.05) is 6.92 Å². The van der Waals surface area contributed by atoms with Crippen LogP contribution in [0.15, 0.2) is 48.8 Å². The Bertz CT molecular complexity index is 552. The van der Waals surface area contributed by atoms with Crippen LogP contribution in [0.3, 0.4) is 0 Å². The van der Waals surface area contributed by atoms with Crippen molar-refractivity contribution in [2.75, 3.05) is 0 Å². The number of benzene rings is 1.